The van der Waals surface area contributed by atoms with Gasteiger partial charge in [-0.05, 0) is 34.1 Å². The van der Waals surface area contributed by atoms with Gasteiger partial charge in [0.15, 0.2) is 4.47 Å². The van der Waals surface area contributed by atoms with E-state index in [4.69, 9.17) is 11.6 Å². The van der Waals surface area contributed by atoms with Crippen molar-refractivity contribution < 1.29 is 13.5 Å². The molecule has 8 heteroatoms. The number of thiazole rings is 1. The summed E-state index contributed by atoms with van der Waals surface area (Å²) in [7, 11) is 0. The molecular formula is C11H8BrClF2N2OS. The van der Waals surface area contributed by atoms with Gasteiger partial charge in [-0.1, -0.05) is 11.6 Å². The minimum Gasteiger partial charge on any atom is -0.435 e. The van der Waals surface area contributed by atoms with Crippen molar-refractivity contribution in [1.82, 2.24) is 4.98 Å². The summed E-state index contributed by atoms with van der Waals surface area (Å²) in [4.78, 5) is 4.90. The SMILES string of the molecule is FC(F)Oc1ccc(NCc2cnc(Cl)s2)c(Br)c1. The van der Waals surface area contributed by atoms with E-state index in [1.165, 1.54) is 23.5 Å². The van der Waals surface area contributed by atoms with E-state index in [1.807, 2.05) is 0 Å². The first kappa shape index (κ1) is 14.5. The zero-order chi connectivity index (χ0) is 13.8. The standard InChI is InChI=1S/C11H8BrClF2N2OS/c12-8-3-6(18-11(14)15)1-2-9(8)16-4-7-5-17-10(13)19-7/h1-3,5,11,16H,4H2. The molecule has 19 heavy (non-hydrogen) atoms. The fourth-order valence-corrected chi connectivity index (χ4v) is 2.78. The highest BCUT2D eigenvalue weighted by atomic mass is 79.9. The van der Waals surface area contributed by atoms with E-state index >= 15 is 0 Å². The third kappa shape index (κ3) is 4.29. The van der Waals surface area contributed by atoms with Crippen LogP contribution < -0.4 is 10.1 Å². The van der Waals surface area contributed by atoms with Gasteiger partial charge in [-0.3, -0.25) is 0 Å². The van der Waals surface area contributed by atoms with Gasteiger partial charge >= 0.3 is 6.61 Å². The molecule has 0 atom stereocenters. The minimum absolute atomic E-state index is 0.105. The Bertz CT molecular complexity index is 567. The van der Waals surface area contributed by atoms with Crippen LogP contribution >= 0.6 is 38.9 Å². The van der Waals surface area contributed by atoms with E-state index in [-0.39, 0.29) is 5.75 Å². The smallest absolute Gasteiger partial charge is 0.387 e. The Labute approximate surface area is 125 Å². The number of nitrogens with zero attached hydrogens (tertiary/aromatic N) is 1. The molecule has 3 nitrogen and oxygen atoms in total. The lowest BCUT2D eigenvalue weighted by atomic mass is 10.3. The van der Waals surface area contributed by atoms with Crippen molar-refractivity contribution in [3.8, 4) is 5.75 Å². The molecule has 0 unspecified atom stereocenters. The number of benzene rings is 1. The van der Waals surface area contributed by atoms with Gasteiger partial charge < -0.3 is 10.1 Å². The van der Waals surface area contributed by atoms with Gasteiger partial charge in [0.05, 0.1) is 6.54 Å². The van der Waals surface area contributed by atoms with E-state index in [9.17, 15) is 8.78 Å². The van der Waals surface area contributed by atoms with Crippen molar-refractivity contribution in [2.24, 2.45) is 0 Å². The summed E-state index contributed by atoms with van der Waals surface area (Å²) in [5, 5.41) is 3.14. The molecule has 1 heterocycles. The van der Waals surface area contributed by atoms with Gasteiger partial charge in [-0.2, -0.15) is 8.78 Å². The lowest BCUT2D eigenvalue weighted by Gasteiger charge is -2.10. The van der Waals surface area contributed by atoms with Gasteiger partial charge in [0.25, 0.3) is 0 Å². The first-order valence-electron chi connectivity index (χ1n) is 5.13. The molecule has 0 spiro atoms. The normalized spacial score (nSPS) is 10.8. The van der Waals surface area contributed by atoms with Crippen LogP contribution in [0.3, 0.4) is 0 Å². The van der Waals surface area contributed by atoms with Crippen molar-refractivity contribution in [3.05, 3.63) is 38.2 Å². The lowest BCUT2D eigenvalue weighted by Crippen LogP contribution is -2.03. The number of ether oxygens (including phenoxy) is 1. The number of hydrogen-bond acceptors (Lipinski definition) is 4. The Balaban J connectivity index is 2.00. The highest BCUT2D eigenvalue weighted by Crippen LogP contribution is 2.29. The number of rotatable bonds is 5. The molecule has 0 saturated carbocycles. The predicted molar refractivity (Wildman–Crippen MR) is 75.2 cm³/mol. The molecule has 0 fully saturated rings. The zero-order valence-electron chi connectivity index (χ0n) is 9.37. The maximum absolute atomic E-state index is 12.1. The average molecular weight is 370 g/mol. The minimum atomic E-state index is -2.83. The molecule has 0 aliphatic carbocycles. The number of alkyl halides is 2. The van der Waals surface area contributed by atoms with Crippen LogP contribution in [0.15, 0.2) is 28.9 Å². The van der Waals surface area contributed by atoms with Crippen LogP contribution in [-0.4, -0.2) is 11.6 Å². The first-order valence-corrected chi connectivity index (χ1v) is 7.12. The van der Waals surface area contributed by atoms with Crippen LogP contribution in [0.2, 0.25) is 4.47 Å². The molecule has 0 amide bonds. The summed E-state index contributed by atoms with van der Waals surface area (Å²) in [6, 6.07) is 4.61. The quantitative estimate of drug-likeness (QED) is 0.824. The highest BCUT2D eigenvalue weighted by Gasteiger charge is 2.07. The molecule has 2 rings (SSSR count). The molecule has 102 valence electrons. The maximum atomic E-state index is 12.1. The van der Waals surface area contributed by atoms with E-state index < -0.39 is 6.61 Å². The summed E-state index contributed by atoms with van der Waals surface area (Å²) in [5.74, 6) is 0.105. The van der Waals surface area contributed by atoms with Crippen molar-refractivity contribution in [2.75, 3.05) is 5.32 Å². The number of halogens is 4. The van der Waals surface area contributed by atoms with Crippen LogP contribution in [0, 0.1) is 0 Å². The number of aromatic nitrogens is 1. The summed E-state index contributed by atoms with van der Waals surface area (Å²) in [5.41, 5.74) is 0.770. The summed E-state index contributed by atoms with van der Waals surface area (Å²) < 4.78 is 29.5. The number of anilines is 1. The second-order valence-corrected chi connectivity index (χ2v) is 6.00. The Morgan fingerprint density at radius 1 is 1.47 bits per heavy atom. The first-order chi connectivity index (χ1) is 9.04. The summed E-state index contributed by atoms with van der Waals surface area (Å²) in [6.45, 7) is -2.28. The summed E-state index contributed by atoms with van der Waals surface area (Å²) in [6.07, 6.45) is 1.68. The van der Waals surface area contributed by atoms with Crippen LogP contribution in [0.4, 0.5) is 14.5 Å². The van der Waals surface area contributed by atoms with Gasteiger partial charge in [0.2, 0.25) is 0 Å². The van der Waals surface area contributed by atoms with Gasteiger partial charge in [0, 0.05) is 21.2 Å². The van der Waals surface area contributed by atoms with E-state index in [2.05, 4.69) is 31.0 Å². The number of nitrogens with one attached hydrogen (secondary N) is 1. The second-order valence-electron chi connectivity index (χ2n) is 3.45. The van der Waals surface area contributed by atoms with Gasteiger partial charge in [-0.25, -0.2) is 4.98 Å². The maximum Gasteiger partial charge on any atom is 0.387 e. The molecule has 0 radical (unpaired) electrons. The van der Waals surface area contributed by atoms with Crippen LogP contribution in [0.25, 0.3) is 0 Å². The molecular weight excluding hydrogens is 362 g/mol. The third-order valence-corrected chi connectivity index (χ3v) is 3.92. The Morgan fingerprint density at radius 3 is 2.84 bits per heavy atom. The predicted octanol–water partition coefficient (Wildman–Crippen LogP) is 4.77. The van der Waals surface area contributed by atoms with Crippen molar-refractivity contribution in [1.29, 1.82) is 0 Å². The molecule has 1 N–H and O–H groups in total. The monoisotopic (exact) mass is 368 g/mol. The van der Waals surface area contributed by atoms with Crippen LogP contribution in [-0.2, 0) is 6.54 Å². The molecule has 1 aromatic carbocycles. The van der Waals surface area contributed by atoms with E-state index in [0.29, 0.717) is 15.5 Å². The molecule has 0 saturated heterocycles. The number of hydrogen-bond donors (Lipinski definition) is 1. The average Bonchev–Trinajstić information content (AvgIpc) is 2.73. The molecule has 2 aromatic rings. The summed E-state index contributed by atoms with van der Waals surface area (Å²) >= 11 is 10.4. The van der Waals surface area contributed by atoms with Crippen LogP contribution in [0.1, 0.15) is 4.88 Å². The Morgan fingerprint density at radius 2 is 2.26 bits per heavy atom. The third-order valence-electron chi connectivity index (χ3n) is 2.14. The molecule has 0 aliphatic heterocycles. The van der Waals surface area contributed by atoms with E-state index in [1.54, 1.807) is 12.3 Å². The topological polar surface area (TPSA) is 34.1 Å². The van der Waals surface area contributed by atoms with Crippen molar-refractivity contribution >= 4 is 44.6 Å². The van der Waals surface area contributed by atoms with Gasteiger partial charge in [0.1, 0.15) is 5.75 Å². The fraction of sp³-hybridized carbons (Fsp3) is 0.182. The Kier molecular flexibility index (Phi) is 4.95. The lowest BCUT2D eigenvalue weighted by molar-refractivity contribution is -0.0498. The fourth-order valence-electron chi connectivity index (χ4n) is 1.36. The highest BCUT2D eigenvalue weighted by molar-refractivity contribution is 9.10. The second kappa shape index (κ2) is 6.49. The van der Waals surface area contributed by atoms with Crippen molar-refractivity contribution in [3.63, 3.8) is 0 Å². The largest absolute Gasteiger partial charge is 0.435 e. The van der Waals surface area contributed by atoms with Crippen LogP contribution in [0.5, 0.6) is 5.75 Å². The van der Waals surface area contributed by atoms with E-state index in [0.717, 1.165) is 10.6 Å². The Hall–Kier alpha value is -0.920. The van der Waals surface area contributed by atoms with Gasteiger partial charge in [-0.15, -0.1) is 11.3 Å². The molecule has 0 bridgehead atoms. The molecule has 1 aromatic heterocycles. The van der Waals surface area contributed by atoms with Crippen molar-refractivity contribution in [2.45, 2.75) is 13.2 Å². The zero-order valence-corrected chi connectivity index (χ0v) is 12.5. The molecule has 0 aliphatic rings.